The molecule has 10 heteroatoms. The lowest BCUT2D eigenvalue weighted by Gasteiger charge is -2.33. The molecular formula is C24H26F2N4O3S. The van der Waals surface area contributed by atoms with Crippen LogP contribution in [0.15, 0.2) is 48.7 Å². The predicted molar refractivity (Wildman–Crippen MR) is 126 cm³/mol. The van der Waals surface area contributed by atoms with Gasteiger partial charge in [0.05, 0.1) is 28.6 Å². The fourth-order valence-corrected chi connectivity index (χ4v) is 6.34. The Morgan fingerprint density at radius 1 is 1.09 bits per heavy atom. The van der Waals surface area contributed by atoms with E-state index in [0.29, 0.717) is 18.8 Å². The molecule has 1 aliphatic carbocycles. The molecule has 1 amide bonds. The van der Waals surface area contributed by atoms with Gasteiger partial charge in [0.15, 0.2) is 9.84 Å². The van der Waals surface area contributed by atoms with Crippen LogP contribution in [0.5, 0.6) is 0 Å². The van der Waals surface area contributed by atoms with Gasteiger partial charge in [-0.05, 0) is 36.2 Å². The summed E-state index contributed by atoms with van der Waals surface area (Å²) in [7, 11) is -2.97. The molecule has 34 heavy (non-hydrogen) atoms. The second-order valence-electron chi connectivity index (χ2n) is 9.19. The molecule has 7 nitrogen and oxygen atoms in total. The Kier molecular flexibility index (Phi) is 5.58. The van der Waals surface area contributed by atoms with Crippen LogP contribution in [0.1, 0.15) is 30.9 Å². The van der Waals surface area contributed by atoms with Crippen molar-refractivity contribution < 1.29 is 22.0 Å². The number of rotatable bonds is 4. The summed E-state index contributed by atoms with van der Waals surface area (Å²) in [5.74, 6) is -4.88. The van der Waals surface area contributed by atoms with Crippen molar-refractivity contribution in [2.75, 3.05) is 29.5 Å². The zero-order chi connectivity index (χ0) is 24.1. The van der Waals surface area contributed by atoms with Crippen LogP contribution in [0.2, 0.25) is 0 Å². The van der Waals surface area contributed by atoms with Crippen molar-refractivity contribution in [1.82, 2.24) is 9.61 Å². The first-order valence-electron chi connectivity index (χ1n) is 11.3. The average Bonchev–Trinajstić information content (AvgIpc) is 3.18. The van der Waals surface area contributed by atoms with Crippen LogP contribution in [0.4, 0.5) is 14.5 Å². The van der Waals surface area contributed by atoms with Crippen molar-refractivity contribution in [2.24, 2.45) is 11.7 Å². The second kappa shape index (κ2) is 8.33. The summed E-state index contributed by atoms with van der Waals surface area (Å²) in [4.78, 5) is 14.2. The summed E-state index contributed by atoms with van der Waals surface area (Å²) in [6.07, 6.45) is 1.03. The third-order valence-corrected chi connectivity index (χ3v) is 8.58. The molecule has 2 atom stereocenters. The topological polar surface area (TPSA) is 97.8 Å². The van der Waals surface area contributed by atoms with Gasteiger partial charge in [-0.2, -0.15) is 5.10 Å². The molecule has 2 fully saturated rings. The smallest absolute Gasteiger partial charge is 0.249 e. The minimum absolute atomic E-state index is 0.123. The summed E-state index contributed by atoms with van der Waals surface area (Å²) in [5.41, 5.74) is 9.55. The van der Waals surface area contributed by atoms with Gasteiger partial charge in [0.1, 0.15) is 0 Å². The van der Waals surface area contributed by atoms with Crippen molar-refractivity contribution in [1.29, 1.82) is 0 Å². The molecule has 1 aromatic carbocycles. The minimum atomic E-state index is -2.97. The van der Waals surface area contributed by atoms with Crippen LogP contribution in [0.25, 0.3) is 16.6 Å². The van der Waals surface area contributed by atoms with Gasteiger partial charge < -0.3 is 10.6 Å². The molecule has 1 saturated carbocycles. The number of amides is 1. The molecule has 0 radical (unpaired) electrons. The molecule has 3 aromatic rings. The Hall–Kier alpha value is -3.01. The van der Waals surface area contributed by atoms with E-state index in [4.69, 9.17) is 10.8 Å². The number of sulfone groups is 1. The number of carbonyl (C=O) groups excluding carboxylic acids is 1. The lowest BCUT2D eigenvalue weighted by atomic mass is 9.74. The van der Waals surface area contributed by atoms with Gasteiger partial charge in [0.2, 0.25) is 11.8 Å². The van der Waals surface area contributed by atoms with E-state index in [0.717, 1.165) is 22.3 Å². The quantitative estimate of drug-likeness (QED) is 0.608. The number of carbonyl (C=O) groups is 1. The van der Waals surface area contributed by atoms with Crippen molar-refractivity contribution in [3.05, 3.63) is 54.4 Å². The number of primary amides is 1. The van der Waals surface area contributed by atoms with Crippen molar-refractivity contribution in [3.63, 3.8) is 0 Å². The Morgan fingerprint density at radius 2 is 1.79 bits per heavy atom. The van der Waals surface area contributed by atoms with Crippen molar-refractivity contribution in [2.45, 2.75) is 31.1 Å². The third-order valence-electron chi connectivity index (χ3n) is 6.97. The van der Waals surface area contributed by atoms with Crippen LogP contribution < -0.4 is 10.6 Å². The molecule has 1 aliphatic heterocycles. The van der Waals surface area contributed by atoms with Crippen LogP contribution in [-0.4, -0.2) is 54.5 Å². The maximum atomic E-state index is 14.1. The molecule has 2 aliphatic rings. The minimum Gasteiger partial charge on any atom is -0.369 e. The Bertz CT molecular complexity index is 1320. The summed E-state index contributed by atoms with van der Waals surface area (Å²) >= 11 is 0. The molecule has 5 rings (SSSR count). The highest BCUT2D eigenvalue weighted by Crippen LogP contribution is 2.47. The lowest BCUT2D eigenvalue weighted by molar-refractivity contribution is -0.130. The zero-order valence-electron chi connectivity index (χ0n) is 18.5. The molecule has 0 bridgehead atoms. The Balaban J connectivity index is 1.54. The number of nitrogens with two attached hydrogens (primary N) is 1. The van der Waals surface area contributed by atoms with Gasteiger partial charge >= 0.3 is 0 Å². The third kappa shape index (κ3) is 4.26. The highest BCUT2D eigenvalue weighted by atomic mass is 32.2. The van der Waals surface area contributed by atoms with Crippen LogP contribution in [0, 0.1) is 5.92 Å². The van der Waals surface area contributed by atoms with Gasteiger partial charge in [-0.15, -0.1) is 0 Å². The summed E-state index contributed by atoms with van der Waals surface area (Å²) in [6.45, 7) is 0.889. The monoisotopic (exact) mass is 488 g/mol. The highest BCUT2D eigenvalue weighted by Gasteiger charge is 2.46. The van der Waals surface area contributed by atoms with Crippen LogP contribution in [-0.2, 0) is 14.6 Å². The fraction of sp³-hybridized carbons (Fsp3) is 0.417. The van der Waals surface area contributed by atoms with E-state index in [1.54, 1.807) is 10.7 Å². The van der Waals surface area contributed by atoms with Gasteiger partial charge in [-0.1, -0.05) is 18.2 Å². The molecule has 0 unspecified atom stereocenters. The summed E-state index contributed by atoms with van der Waals surface area (Å²) < 4.78 is 53.5. The van der Waals surface area contributed by atoms with Crippen molar-refractivity contribution in [3.8, 4) is 11.1 Å². The van der Waals surface area contributed by atoms with E-state index in [9.17, 15) is 22.0 Å². The zero-order valence-corrected chi connectivity index (χ0v) is 19.3. The normalized spacial score (nSPS) is 24.2. The first kappa shape index (κ1) is 22.8. The number of nitrogens with zero attached hydrogens (tertiary/aromatic N) is 3. The van der Waals surface area contributed by atoms with E-state index < -0.39 is 39.9 Å². The number of aromatic nitrogens is 2. The molecular weight excluding hydrogens is 462 g/mol. The van der Waals surface area contributed by atoms with E-state index in [1.807, 2.05) is 47.4 Å². The number of hydrogen-bond acceptors (Lipinski definition) is 5. The predicted octanol–water partition coefficient (Wildman–Crippen LogP) is 3.24. The number of benzene rings is 1. The molecule has 180 valence electrons. The number of pyridine rings is 1. The first-order valence-corrected chi connectivity index (χ1v) is 13.2. The molecule has 1 saturated heterocycles. The fourth-order valence-electron chi connectivity index (χ4n) is 5.14. The Morgan fingerprint density at radius 3 is 2.47 bits per heavy atom. The molecule has 0 spiro atoms. The Labute approximate surface area is 196 Å². The van der Waals surface area contributed by atoms with E-state index in [2.05, 4.69) is 0 Å². The van der Waals surface area contributed by atoms with Gasteiger partial charge in [0.25, 0.3) is 0 Å². The maximum Gasteiger partial charge on any atom is 0.249 e. The summed E-state index contributed by atoms with van der Waals surface area (Å²) in [6, 6.07) is 13.4. The van der Waals surface area contributed by atoms with E-state index in [1.165, 1.54) is 0 Å². The second-order valence-corrected chi connectivity index (χ2v) is 11.5. The van der Waals surface area contributed by atoms with E-state index >= 15 is 0 Å². The van der Waals surface area contributed by atoms with Gasteiger partial charge in [0, 0.05) is 49.3 Å². The largest absolute Gasteiger partial charge is 0.369 e. The average molecular weight is 489 g/mol. The van der Waals surface area contributed by atoms with Crippen LogP contribution in [0.3, 0.4) is 0 Å². The SMILES string of the molecule is NC(=O)[C@@H]1CC(F)(F)CC[C@H]1c1nn2ccccc2c1-c1ccc(N2CCS(=O)(=O)CC2)cc1. The molecule has 3 heterocycles. The van der Waals surface area contributed by atoms with E-state index in [-0.39, 0.29) is 24.3 Å². The molecule has 2 aromatic heterocycles. The summed E-state index contributed by atoms with van der Waals surface area (Å²) in [5, 5.41) is 4.71. The standard InChI is InChI=1S/C24H26F2N4O3S/c25-24(26)9-8-18(19(15-24)23(27)31)22-21(20-3-1-2-10-30(20)28-22)16-4-6-17(7-5-16)29-11-13-34(32,33)14-12-29/h1-7,10,18-19H,8-9,11-15H2,(H2,27,31)/t18-,19-/m1/s1. The lowest BCUT2D eigenvalue weighted by Crippen LogP contribution is -2.40. The number of fused-ring (bicyclic) bond motifs is 1. The number of anilines is 1. The van der Waals surface area contributed by atoms with Crippen LogP contribution >= 0.6 is 0 Å². The highest BCUT2D eigenvalue weighted by molar-refractivity contribution is 7.91. The maximum absolute atomic E-state index is 14.1. The van der Waals surface area contributed by atoms with Gasteiger partial charge in [-0.3, -0.25) is 4.79 Å². The van der Waals surface area contributed by atoms with Crippen molar-refractivity contribution >= 4 is 26.9 Å². The number of hydrogen-bond donors (Lipinski definition) is 1. The molecule has 2 N–H and O–H groups in total. The number of alkyl halides is 2. The first-order chi connectivity index (χ1) is 16.1. The van der Waals surface area contributed by atoms with Gasteiger partial charge in [-0.25, -0.2) is 21.7 Å². The number of halogens is 2.